The summed E-state index contributed by atoms with van der Waals surface area (Å²) in [6.07, 6.45) is 0. The third-order valence-corrected chi connectivity index (χ3v) is 2.04. The molecule has 0 spiro atoms. The highest BCUT2D eigenvalue weighted by Gasteiger charge is 2.12. The molecule has 0 saturated carbocycles. The van der Waals surface area contributed by atoms with Gasteiger partial charge in [0.05, 0.1) is 14.2 Å². The second-order valence-electron chi connectivity index (χ2n) is 3.23. The van der Waals surface area contributed by atoms with Crippen molar-refractivity contribution < 1.29 is 9.47 Å². The van der Waals surface area contributed by atoms with Crippen molar-refractivity contribution in [1.29, 1.82) is 0 Å². The molecular weight excluding hydrogens is 188 g/mol. The van der Waals surface area contributed by atoms with Gasteiger partial charge in [0.1, 0.15) is 11.5 Å². The summed E-state index contributed by atoms with van der Waals surface area (Å²) in [4.78, 5) is 0. The van der Waals surface area contributed by atoms with Crippen LogP contribution in [0, 0.1) is 0 Å². The molecule has 86 valence electrons. The summed E-state index contributed by atoms with van der Waals surface area (Å²) in [5.41, 5.74) is 1.13. The van der Waals surface area contributed by atoms with Crippen LogP contribution in [0.3, 0.4) is 0 Å². The average molecular weight is 210 g/mol. The van der Waals surface area contributed by atoms with Crippen molar-refractivity contribution in [1.82, 2.24) is 0 Å². The fourth-order valence-corrected chi connectivity index (χ4v) is 1.45. The smallest absolute Gasteiger partial charge is 0.126 e. The molecule has 0 saturated heterocycles. The predicted molar refractivity (Wildman–Crippen MR) is 65.0 cm³/mol. The fourth-order valence-electron chi connectivity index (χ4n) is 1.45. The van der Waals surface area contributed by atoms with E-state index in [1.165, 1.54) is 0 Å². The maximum Gasteiger partial charge on any atom is 0.126 e. The van der Waals surface area contributed by atoms with E-state index in [2.05, 4.69) is 13.8 Å². The van der Waals surface area contributed by atoms with Gasteiger partial charge in [-0.1, -0.05) is 33.8 Å². The molecule has 2 heteroatoms. The summed E-state index contributed by atoms with van der Waals surface area (Å²) in [6, 6.07) is 5.85. The normalized spacial score (nSPS) is 9.27. The van der Waals surface area contributed by atoms with Crippen molar-refractivity contribution in [3.05, 3.63) is 23.8 Å². The Labute approximate surface area is 93.2 Å². The van der Waals surface area contributed by atoms with E-state index < -0.39 is 0 Å². The summed E-state index contributed by atoms with van der Waals surface area (Å²) in [5.74, 6) is 2.20. The lowest BCUT2D eigenvalue weighted by Crippen LogP contribution is -1.98. The average Bonchev–Trinajstić information content (AvgIpc) is 2.30. The van der Waals surface area contributed by atoms with Crippen LogP contribution in [0.15, 0.2) is 18.2 Å². The number of ether oxygens (including phenoxy) is 2. The Kier molecular flexibility index (Phi) is 6.59. The van der Waals surface area contributed by atoms with Gasteiger partial charge in [0.25, 0.3) is 0 Å². The maximum absolute atomic E-state index is 5.27. The molecule has 0 fully saturated rings. The van der Waals surface area contributed by atoms with Gasteiger partial charge in [0.2, 0.25) is 0 Å². The van der Waals surface area contributed by atoms with E-state index in [1.54, 1.807) is 14.2 Å². The molecule has 0 amide bonds. The first-order chi connectivity index (χ1) is 7.20. The van der Waals surface area contributed by atoms with Gasteiger partial charge in [-0.2, -0.15) is 0 Å². The minimum absolute atomic E-state index is 0.408. The number of rotatable bonds is 3. The van der Waals surface area contributed by atoms with Crippen LogP contribution in [0.1, 0.15) is 39.2 Å². The maximum atomic E-state index is 5.27. The third-order valence-electron chi connectivity index (χ3n) is 2.04. The van der Waals surface area contributed by atoms with E-state index in [9.17, 15) is 0 Å². The van der Waals surface area contributed by atoms with Crippen molar-refractivity contribution in [3.63, 3.8) is 0 Å². The Bertz CT molecular complexity index is 258. The molecule has 0 aromatic heterocycles. The Hall–Kier alpha value is -1.18. The number of hydrogen-bond acceptors (Lipinski definition) is 2. The van der Waals surface area contributed by atoms with Crippen LogP contribution in [-0.4, -0.2) is 14.2 Å². The van der Waals surface area contributed by atoms with Gasteiger partial charge in [-0.25, -0.2) is 0 Å². The summed E-state index contributed by atoms with van der Waals surface area (Å²) >= 11 is 0. The Morgan fingerprint density at radius 2 is 1.33 bits per heavy atom. The first-order valence-corrected chi connectivity index (χ1v) is 5.41. The van der Waals surface area contributed by atoms with Crippen LogP contribution in [0.4, 0.5) is 0 Å². The molecule has 1 aromatic rings. The highest BCUT2D eigenvalue weighted by molar-refractivity contribution is 5.46. The van der Waals surface area contributed by atoms with Crippen LogP contribution >= 0.6 is 0 Å². The first kappa shape index (κ1) is 13.8. The second-order valence-corrected chi connectivity index (χ2v) is 3.23. The van der Waals surface area contributed by atoms with Crippen LogP contribution in [0.5, 0.6) is 11.5 Å². The van der Waals surface area contributed by atoms with Crippen LogP contribution < -0.4 is 9.47 Å². The van der Waals surface area contributed by atoms with Crippen molar-refractivity contribution in [2.24, 2.45) is 0 Å². The molecule has 0 atom stereocenters. The lowest BCUT2D eigenvalue weighted by atomic mass is 10.0. The molecule has 1 aromatic carbocycles. The number of hydrogen-bond donors (Lipinski definition) is 0. The molecule has 0 N–H and O–H groups in total. The molecule has 15 heavy (non-hydrogen) atoms. The largest absolute Gasteiger partial charge is 0.496 e. The lowest BCUT2D eigenvalue weighted by molar-refractivity contribution is 0.382. The molecule has 0 radical (unpaired) electrons. The van der Waals surface area contributed by atoms with Crippen molar-refractivity contribution in [3.8, 4) is 11.5 Å². The van der Waals surface area contributed by atoms with Crippen LogP contribution in [0.2, 0.25) is 0 Å². The molecule has 0 aliphatic heterocycles. The summed E-state index contributed by atoms with van der Waals surface area (Å²) in [5, 5.41) is 0. The number of benzene rings is 1. The van der Waals surface area contributed by atoms with Crippen molar-refractivity contribution in [2.75, 3.05) is 14.2 Å². The first-order valence-electron chi connectivity index (χ1n) is 5.41. The molecule has 0 bridgehead atoms. The van der Waals surface area contributed by atoms with Crippen LogP contribution in [0.25, 0.3) is 0 Å². The quantitative estimate of drug-likeness (QED) is 0.754. The van der Waals surface area contributed by atoms with Gasteiger partial charge in [0.15, 0.2) is 0 Å². The predicted octanol–water partition coefficient (Wildman–Crippen LogP) is 3.85. The minimum Gasteiger partial charge on any atom is -0.496 e. The van der Waals surface area contributed by atoms with Gasteiger partial charge in [-0.15, -0.1) is 0 Å². The zero-order chi connectivity index (χ0) is 11.8. The third kappa shape index (κ3) is 3.46. The highest BCUT2D eigenvalue weighted by Crippen LogP contribution is 2.34. The van der Waals surface area contributed by atoms with E-state index in [-0.39, 0.29) is 0 Å². The molecule has 0 aliphatic rings. The Morgan fingerprint density at radius 3 is 1.60 bits per heavy atom. The van der Waals surface area contributed by atoms with Crippen molar-refractivity contribution in [2.45, 2.75) is 33.6 Å². The van der Waals surface area contributed by atoms with Gasteiger partial charge < -0.3 is 9.47 Å². The van der Waals surface area contributed by atoms with E-state index in [0.717, 1.165) is 17.1 Å². The summed E-state index contributed by atoms with van der Waals surface area (Å²) in [7, 11) is 3.36. The number of methoxy groups -OCH3 is 2. The zero-order valence-electron chi connectivity index (χ0n) is 10.6. The highest BCUT2D eigenvalue weighted by atomic mass is 16.5. The topological polar surface area (TPSA) is 18.5 Å². The molecule has 2 nitrogen and oxygen atoms in total. The molecule has 0 aliphatic carbocycles. The van der Waals surface area contributed by atoms with Gasteiger partial charge in [-0.3, -0.25) is 0 Å². The van der Waals surface area contributed by atoms with E-state index in [1.807, 2.05) is 32.0 Å². The standard InChI is InChI=1S/C11H16O2.C2H6/c1-8(2)11-9(12-3)6-5-7-10(11)13-4;1-2/h5-8H,1-4H3;1-2H3. The van der Waals surface area contributed by atoms with E-state index >= 15 is 0 Å². The molecule has 0 heterocycles. The van der Waals surface area contributed by atoms with E-state index in [4.69, 9.17) is 9.47 Å². The molecule has 1 rings (SSSR count). The lowest BCUT2D eigenvalue weighted by Gasteiger charge is -2.15. The van der Waals surface area contributed by atoms with Crippen LogP contribution in [-0.2, 0) is 0 Å². The van der Waals surface area contributed by atoms with E-state index in [0.29, 0.717) is 5.92 Å². The summed E-state index contributed by atoms with van der Waals surface area (Å²) < 4.78 is 10.5. The minimum atomic E-state index is 0.408. The Balaban J connectivity index is 0.000000921. The van der Waals surface area contributed by atoms with Gasteiger partial charge in [-0.05, 0) is 18.1 Å². The molecule has 0 unspecified atom stereocenters. The van der Waals surface area contributed by atoms with Crippen molar-refractivity contribution >= 4 is 0 Å². The van der Waals surface area contributed by atoms with Gasteiger partial charge >= 0.3 is 0 Å². The Morgan fingerprint density at radius 1 is 0.933 bits per heavy atom. The monoisotopic (exact) mass is 210 g/mol. The second kappa shape index (κ2) is 7.16. The summed E-state index contributed by atoms with van der Waals surface area (Å²) in [6.45, 7) is 8.25. The molecular formula is C13H22O2. The van der Waals surface area contributed by atoms with Gasteiger partial charge in [0, 0.05) is 5.56 Å². The zero-order valence-corrected chi connectivity index (χ0v) is 10.6. The fraction of sp³-hybridized carbons (Fsp3) is 0.538. The SMILES string of the molecule is CC.COc1cccc(OC)c1C(C)C.